The van der Waals surface area contributed by atoms with Crippen molar-refractivity contribution in [3.05, 3.63) is 52.0 Å². The van der Waals surface area contributed by atoms with Gasteiger partial charge in [0.05, 0.1) is 5.69 Å². The molecular formula is C17H16I2N4. The van der Waals surface area contributed by atoms with Crippen molar-refractivity contribution < 1.29 is 0 Å². The van der Waals surface area contributed by atoms with Crippen molar-refractivity contribution in [3.63, 3.8) is 0 Å². The monoisotopic (exact) mass is 530 g/mol. The smallest absolute Gasteiger partial charge is 0.137 e. The van der Waals surface area contributed by atoms with Crippen LogP contribution in [0.25, 0.3) is 27.9 Å². The van der Waals surface area contributed by atoms with Crippen LogP contribution in [-0.4, -0.2) is 25.9 Å². The van der Waals surface area contributed by atoms with Crippen LogP contribution in [0, 0.1) is 3.70 Å². The average molecular weight is 530 g/mol. The van der Waals surface area contributed by atoms with Crippen molar-refractivity contribution in [2.24, 2.45) is 5.73 Å². The van der Waals surface area contributed by atoms with E-state index in [4.69, 9.17) is 5.73 Å². The Kier molecular flexibility index (Phi) is 5.65. The summed E-state index contributed by atoms with van der Waals surface area (Å²) in [5, 5.41) is 1.09. The van der Waals surface area contributed by atoms with Crippen LogP contribution in [0.5, 0.6) is 0 Å². The van der Waals surface area contributed by atoms with E-state index in [2.05, 4.69) is 78.3 Å². The number of aromatic nitrogens is 3. The van der Waals surface area contributed by atoms with Gasteiger partial charge in [0.25, 0.3) is 0 Å². The largest absolute Gasteiger partial charge is 0.339 e. The minimum atomic E-state index is 0.548. The Bertz CT molecular complexity index is 855. The lowest BCUT2D eigenvalue weighted by molar-refractivity contribution is 1.18. The fraction of sp³-hybridized carbons (Fsp3) is 0.176. The number of hydrogen-bond acceptors (Lipinski definition) is 3. The van der Waals surface area contributed by atoms with Crippen LogP contribution in [0.1, 0.15) is 12.1 Å². The van der Waals surface area contributed by atoms with E-state index in [1.165, 1.54) is 5.57 Å². The molecule has 23 heavy (non-hydrogen) atoms. The molecule has 6 heteroatoms. The summed E-state index contributed by atoms with van der Waals surface area (Å²) < 4.78 is 2.04. The zero-order chi connectivity index (χ0) is 16.2. The number of halogens is 2. The van der Waals surface area contributed by atoms with Gasteiger partial charge in [-0.25, -0.2) is 9.97 Å². The van der Waals surface area contributed by atoms with Crippen LogP contribution in [-0.2, 0) is 0 Å². The third-order valence-corrected chi connectivity index (χ3v) is 4.70. The van der Waals surface area contributed by atoms with Crippen molar-refractivity contribution in [1.82, 2.24) is 15.0 Å². The third kappa shape index (κ3) is 3.92. The number of pyridine rings is 2. The Morgan fingerprint density at radius 3 is 2.91 bits per heavy atom. The number of nitrogens with zero attached hydrogens (tertiary/aromatic N) is 2. The number of nitrogens with two attached hydrogens (primary N) is 1. The van der Waals surface area contributed by atoms with E-state index in [0.29, 0.717) is 6.54 Å². The van der Waals surface area contributed by atoms with Crippen molar-refractivity contribution in [1.29, 1.82) is 0 Å². The quantitative estimate of drug-likeness (QED) is 0.292. The second-order valence-corrected chi connectivity index (χ2v) is 7.28. The number of hydrogen-bond donors (Lipinski definition) is 2. The summed E-state index contributed by atoms with van der Waals surface area (Å²) in [6.45, 7) is 0.548. The van der Waals surface area contributed by atoms with E-state index in [0.717, 1.165) is 42.5 Å². The topological polar surface area (TPSA) is 67.6 Å². The summed E-state index contributed by atoms with van der Waals surface area (Å²) in [4.78, 5) is 12.5. The summed E-state index contributed by atoms with van der Waals surface area (Å²) in [6, 6.07) is 10.3. The Balaban J connectivity index is 2.02. The van der Waals surface area contributed by atoms with Crippen LogP contribution < -0.4 is 5.73 Å². The highest BCUT2D eigenvalue weighted by Gasteiger charge is 2.08. The zero-order valence-electron chi connectivity index (χ0n) is 12.4. The lowest BCUT2D eigenvalue weighted by Gasteiger charge is -2.01. The summed E-state index contributed by atoms with van der Waals surface area (Å²) >= 11 is 4.61. The van der Waals surface area contributed by atoms with Crippen LogP contribution in [0.3, 0.4) is 0 Å². The van der Waals surface area contributed by atoms with Crippen LogP contribution >= 0.6 is 45.2 Å². The van der Waals surface area contributed by atoms with Gasteiger partial charge in [-0.15, -0.1) is 0 Å². The molecule has 0 aliphatic heterocycles. The molecule has 0 atom stereocenters. The second-order valence-electron chi connectivity index (χ2n) is 5.09. The fourth-order valence-corrected chi connectivity index (χ4v) is 3.54. The van der Waals surface area contributed by atoms with Gasteiger partial charge in [-0.2, -0.15) is 0 Å². The normalized spacial score (nSPS) is 12.0. The molecular weight excluding hydrogens is 514 g/mol. The highest BCUT2D eigenvalue weighted by molar-refractivity contribution is 14.1. The Hall–Kier alpha value is -1.00. The lowest BCUT2D eigenvalue weighted by atomic mass is 10.1. The van der Waals surface area contributed by atoms with Crippen LogP contribution in [0.4, 0.5) is 0 Å². The summed E-state index contributed by atoms with van der Waals surface area (Å²) in [7, 11) is 0. The molecule has 0 fully saturated rings. The molecule has 0 aliphatic carbocycles. The molecule has 0 spiro atoms. The van der Waals surface area contributed by atoms with Gasteiger partial charge < -0.3 is 10.7 Å². The second kappa shape index (κ2) is 7.71. The maximum absolute atomic E-state index is 5.69. The van der Waals surface area contributed by atoms with Gasteiger partial charge in [0, 0.05) is 33.8 Å². The minimum Gasteiger partial charge on any atom is -0.339 e. The average Bonchev–Trinajstić information content (AvgIpc) is 2.97. The molecule has 0 bridgehead atoms. The molecule has 3 aromatic rings. The molecule has 0 aliphatic rings. The predicted octanol–water partition coefficient (Wildman–Crippen LogP) is 4.40. The molecule has 3 rings (SSSR count). The lowest BCUT2D eigenvalue weighted by Crippen LogP contribution is -1.96. The molecule has 0 aromatic carbocycles. The van der Waals surface area contributed by atoms with Crippen molar-refractivity contribution >= 4 is 61.8 Å². The maximum Gasteiger partial charge on any atom is 0.137 e. The zero-order valence-corrected chi connectivity index (χ0v) is 16.7. The number of fused-ring (bicyclic) bond motifs is 1. The number of nitrogens with one attached hydrogen (secondary N) is 1. The van der Waals surface area contributed by atoms with E-state index in [1.54, 1.807) is 0 Å². The molecule has 3 heterocycles. The molecule has 0 unspecified atom stereocenters. The van der Waals surface area contributed by atoms with Gasteiger partial charge in [-0.05, 0) is 58.9 Å². The third-order valence-electron chi connectivity index (χ3n) is 3.55. The van der Waals surface area contributed by atoms with Gasteiger partial charge in [0.1, 0.15) is 9.35 Å². The van der Waals surface area contributed by atoms with Gasteiger partial charge in [-0.3, -0.25) is 0 Å². The summed E-state index contributed by atoms with van der Waals surface area (Å²) in [5.41, 5.74) is 10.9. The van der Waals surface area contributed by atoms with Gasteiger partial charge in [-0.1, -0.05) is 34.7 Å². The number of H-pyrrole nitrogens is 1. The molecule has 4 nitrogen and oxygen atoms in total. The highest BCUT2D eigenvalue weighted by Crippen LogP contribution is 2.26. The van der Waals surface area contributed by atoms with Crippen LogP contribution in [0.15, 0.2) is 42.6 Å². The Morgan fingerprint density at radius 1 is 1.30 bits per heavy atom. The SMILES string of the molecule is NC/C=C(\CCI)c1cc2cc(-c3cccc(I)n3)cnc2[nH]1. The summed E-state index contributed by atoms with van der Waals surface area (Å²) in [6.07, 6.45) is 4.94. The minimum absolute atomic E-state index is 0.548. The number of rotatable bonds is 5. The number of aromatic amines is 1. The van der Waals surface area contributed by atoms with Gasteiger partial charge in [0.15, 0.2) is 0 Å². The first-order valence-electron chi connectivity index (χ1n) is 7.28. The van der Waals surface area contributed by atoms with E-state index >= 15 is 0 Å². The van der Waals surface area contributed by atoms with E-state index in [1.807, 2.05) is 24.4 Å². The van der Waals surface area contributed by atoms with Crippen molar-refractivity contribution in [2.45, 2.75) is 6.42 Å². The first kappa shape index (κ1) is 16.8. The van der Waals surface area contributed by atoms with Gasteiger partial charge in [0.2, 0.25) is 0 Å². The highest BCUT2D eigenvalue weighted by atomic mass is 127. The van der Waals surface area contributed by atoms with Crippen molar-refractivity contribution in [3.8, 4) is 11.3 Å². The number of alkyl halides is 1. The Morgan fingerprint density at radius 2 is 2.17 bits per heavy atom. The Labute approximate surface area is 162 Å². The summed E-state index contributed by atoms with van der Waals surface area (Å²) in [5.74, 6) is 0. The molecule has 3 aromatic heterocycles. The molecule has 3 N–H and O–H groups in total. The first-order valence-corrected chi connectivity index (χ1v) is 9.89. The standard InChI is InChI=1S/C17H16I2N4/c18-6-4-11(5-7-20)15-9-12-8-13(10-21-17(12)23-15)14-2-1-3-16(19)22-14/h1-3,5,8-10H,4,6-7,20H2,(H,21,23)/b11-5+. The molecule has 0 amide bonds. The maximum atomic E-state index is 5.69. The van der Waals surface area contributed by atoms with Crippen molar-refractivity contribution in [2.75, 3.05) is 11.0 Å². The van der Waals surface area contributed by atoms with E-state index in [9.17, 15) is 0 Å². The molecule has 0 saturated heterocycles. The fourth-order valence-electron chi connectivity index (χ4n) is 2.49. The molecule has 0 radical (unpaired) electrons. The first-order chi connectivity index (χ1) is 11.2. The van der Waals surface area contributed by atoms with E-state index < -0.39 is 0 Å². The van der Waals surface area contributed by atoms with Crippen LogP contribution in [0.2, 0.25) is 0 Å². The van der Waals surface area contributed by atoms with Gasteiger partial charge >= 0.3 is 0 Å². The van der Waals surface area contributed by atoms with E-state index in [-0.39, 0.29) is 0 Å². The molecule has 118 valence electrons. The molecule has 0 saturated carbocycles. The predicted molar refractivity (Wildman–Crippen MR) is 113 cm³/mol. The number of allylic oxidation sites excluding steroid dienone is 1.